The molecule has 5 heterocycles. The maximum atomic E-state index is 12.8. The number of anilines is 2. The van der Waals surface area contributed by atoms with Crippen LogP contribution in [0, 0.1) is 6.92 Å². The molecule has 0 unspecified atom stereocenters. The number of pyridine rings is 3. The van der Waals surface area contributed by atoms with E-state index >= 15 is 0 Å². The number of fused-ring (bicyclic) bond motifs is 1. The molecule has 0 atom stereocenters. The number of hydrogen-bond donors (Lipinski definition) is 2. The van der Waals surface area contributed by atoms with E-state index in [2.05, 4.69) is 51.5 Å². The number of hydrogen-bond acceptors (Lipinski definition) is 6. The fourth-order valence-electron chi connectivity index (χ4n) is 5.01. The second kappa shape index (κ2) is 9.63. The number of aryl methyl sites for hydroxylation is 1. The highest BCUT2D eigenvalue weighted by molar-refractivity contribution is 5.94. The third-order valence-electron chi connectivity index (χ3n) is 7.09. The van der Waals surface area contributed by atoms with Crippen LogP contribution in [0.2, 0.25) is 0 Å². The molecule has 37 heavy (non-hydrogen) atoms. The Morgan fingerprint density at radius 3 is 2.57 bits per heavy atom. The summed E-state index contributed by atoms with van der Waals surface area (Å²) in [5.74, 6) is 1.85. The minimum absolute atomic E-state index is 0.183. The van der Waals surface area contributed by atoms with Crippen molar-refractivity contribution in [2.24, 2.45) is 0 Å². The van der Waals surface area contributed by atoms with E-state index in [1.165, 1.54) is 18.4 Å². The topological polar surface area (TPSA) is 91.7 Å². The van der Waals surface area contributed by atoms with Crippen molar-refractivity contribution in [3.05, 3.63) is 94.9 Å². The van der Waals surface area contributed by atoms with Crippen molar-refractivity contribution in [3.8, 4) is 17.2 Å². The molecule has 0 amide bonds. The first-order chi connectivity index (χ1) is 18.0. The van der Waals surface area contributed by atoms with Gasteiger partial charge >= 0.3 is 0 Å². The fraction of sp³-hybridized carbons (Fsp3) is 0.241. The van der Waals surface area contributed by atoms with Crippen molar-refractivity contribution in [1.29, 1.82) is 0 Å². The van der Waals surface area contributed by atoms with Gasteiger partial charge in [0.15, 0.2) is 0 Å². The third kappa shape index (κ3) is 4.75. The molecule has 4 aromatic heterocycles. The highest BCUT2D eigenvalue weighted by Crippen LogP contribution is 2.31. The maximum absolute atomic E-state index is 12.8. The molecule has 0 saturated carbocycles. The summed E-state index contributed by atoms with van der Waals surface area (Å²) in [5, 5.41) is 4.72. The lowest BCUT2D eigenvalue weighted by atomic mass is 9.89. The number of rotatable bonds is 5. The highest BCUT2D eigenvalue weighted by atomic mass is 16.1. The monoisotopic (exact) mass is 491 g/mol. The number of likely N-dealkylation sites (tertiary alicyclic amines) is 1. The molecule has 6 rings (SSSR count). The van der Waals surface area contributed by atoms with Crippen LogP contribution in [0.5, 0.6) is 0 Å². The molecule has 1 fully saturated rings. The molecular weight excluding hydrogens is 462 g/mol. The number of nitrogens with one attached hydrogen (secondary N) is 2. The Kier molecular flexibility index (Phi) is 6.02. The van der Waals surface area contributed by atoms with Gasteiger partial charge in [-0.3, -0.25) is 9.36 Å². The molecule has 0 spiro atoms. The van der Waals surface area contributed by atoms with E-state index in [-0.39, 0.29) is 5.56 Å². The number of aromatic nitrogens is 5. The molecule has 1 aromatic carbocycles. The summed E-state index contributed by atoms with van der Waals surface area (Å²) in [6.45, 7) is 4.21. The minimum Gasteiger partial charge on any atom is -0.340 e. The van der Waals surface area contributed by atoms with Gasteiger partial charge in [0.2, 0.25) is 0 Å². The normalized spacial score (nSPS) is 14.8. The summed E-state index contributed by atoms with van der Waals surface area (Å²) in [6.07, 6.45) is 7.70. The van der Waals surface area contributed by atoms with Crippen LogP contribution in [0.15, 0.2) is 78.1 Å². The summed E-state index contributed by atoms with van der Waals surface area (Å²) >= 11 is 0. The highest BCUT2D eigenvalue weighted by Gasteiger charge is 2.18. The van der Waals surface area contributed by atoms with Crippen LogP contribution in [0.25, 0.3) is 28.0 Å². The Bertz CT molecular complexity index is 1610. The lowest BCUT2D eigenvalue weighted by molar-refractivity contribution is 0.255. The fourth-order valence-corrected chi connectivity index (χ4v) is 5.01. The summed E-state index contributed by atoms with van der Waals surface area (Å²) < 4.78 is 1.88. The van der Waals surface area contributed by atoms with Gasteiger partial charge in [0, 0.05) is 18.1 Å². The molecule has 2 N–H and O–H groups in total. The molecule has 1 saturated heterocycles. The predicted octanol–water partition coefficient (Wildman–Crippen LogP) is 5.03. The van der Waals surface area contributed by atoms with Gasteiger partial charge in [-0.15, -0.1) is 0 Å². The van der Waals surface area contributed by atoms with Crippen molar-refractivity contribution in [1.82, 2.24) is 29.4 Å². The van der Waals surface area contributed by atoms with Gasteiger partial charge in [0.05, 0.1) is 22.5 Å². The summed E-state index contributed by atoms with van der Waals surface area (Å²) in [6, 6.07) is 18.1. The Labute approximate surface area is 215 Å². The number of benzene rings is 1. The first-order valence-electron chi connectivity index (χ1n) is 12.6. The first kappa shape index (κ1) is 23.1. The molecule has 186 valence electrons. The van der Waals surface area contributed by atoms with Crippen molar-refractivity contribution in [2.75, 3.05) is 25.5 Å². The predicted molar refractivity (Wildman–Crippen MR) is 147 cm³/mol. The minimum atomic E-state index is -0.183. The molecule has 0 bridgehead atoms. The lowest BCUT2D eigenvalue weighted by Crippen LogP contribution is -2.29. The molecule has 0 radical (unpaired) electrons. The number of H-pyrrole nitrogens is 1. The van der Waals surface area contributed by atoms with E-state index in [0.29, 0.717) is 28.5 Å². The average molecular weight is 492 g/mol. The molecule has 0 aliphatic carbocycles. The zero-order valence-corrected chi connectivity index (χ0v) is 21.0. The van der Waals surface area contributed by atoms with Crippen LogP contribution < -0.4 is 10.9 Å². The van der Waals surface area contributed by atoms with Crippen LogP contribution in [-0.2, 0) is 0 Å². The van der Waals surface area contributed by atoms with Crippen LogP contribution in [0.3, 0.4) is 0 Å². The van der Waals surface area contributed by atoms with E-state index in [1.807, 2.05) is 48.0 Å². The van der Waals surface area contributed by atoms with Crippen molar-refractivity contribution < 1.29 is 0 Å². The Balaban J connectivity index is 1.35. The molecule has 8 heteroatoms. The largest absolute Gasteiger partial charge is 0.340 e. The molecule has 1 aliphatic rings. The number of aromatic amines is 1. The zero-order valence-electron chi connectivity index (χ0n) is 21.0. The second-order valence-electron chi connectivity index (χ2n) is 9.76. The van der Waals surface area contributed by atoms with E-state index < -0.39 is 0 Å². The number of imidazole rings is 1. The number of nitrogens with zero attached hydrogens (tertiary/aromatic N) is 5. The van der Waals surface area contributed by atoms with Gasteiger partial charge in [-0.1, -0.05) is 18.2 Å². The van der Waals surface area contributed by atoms with Crippen LogP contribution in [0.4, 0.5) is 11.5 Å². The van der Waals surface area contributed by atoms with Crippen molar-refractivity contribution >= 4 is 22.3 Å². The van der Waals surface area contributed by atoms with Gasteiger partial charge in [-0.05, 0) is 93.2 Å². The summed E-state index contributed by atoms with van der Waals surface area (Å²) in [5.41, 5.74) is 4.38. The maximum Gasteiger partial charge on any atom is 0.259 e. The van der Waals surface area contributed by atoms with Gasteiger partial charge in [-0.25, -0.2) is 15.0 Å². The molecule has 8 nitrogen and oxygen atoms in total. The Hall–Kier alpha value is -4.30. The SMILES string of the molecule is Cc1cn(-c2cccc(-c3cc4cc[nH]c(=O)c4c(Nc4ccc(C5CCN(C)CC5)cc4)n3)n2)cn1. The molecular formula is C29H29N7O. The van der Waals surface area contributed by atoms with Crippen LogP contribution >= 0.6 is 0 Å². The average Bonchev–Trinajstić information content (AvgIpc) is 3.36. The van der Waals surface area contributed by atoms with Gasteiger partial charge in [-0.2, -0.15) is 0 Å². The number of piperidine rings is 1. The van der Waals surface area contributed by atoms with Gasteiger partial charge < -0.3 is 15.2 Å². The van der Waals surface area contributed by atoms with E-state index in [0.717, 1.165) is 35.7 Å². The van der Waals surface area contributed by atoms with Crippen LogP contribution in [0.1, 0.15) is 30.0 Å². The van der Waals surface area contributed by atoms with Gasteiger partial charge in [0.1, 0.15) is 18.0 Å². The molecule has 1 aliphatic heterocycles. The molecule has 5 aromatic rings. The smallest absolute Gasteiger partial charge is 0.259 e. The summed E-state index contributed by atoms with van der Waals surface area (Å²) in [4.78, 5) is 32.0. The van der Waals surface area contributed by atoms with E-state index in [4.69, 9.17) is 9.97 Å². The van der Waals surface area contributed by atoms with Gasteiger partial charge in [0.25, 0.3) is 5.56 Å². The lowest BCUT2D eigenvalue weighted by Gasteiger charge is -2.29. The Morgan fingerprint density at radius 2 is 1.81 bits per heavy atom. The Morgan fingerprint density at radius 1 is 1.00 bits per heavy atom. The summed E-state index contributed by atoms with van der Waals surface area (Å²) in [7, 11) is 2.18. The second-order valence-corrected chi connectivity index (χ2v) is 9.76. The van der Waals surface area contributed by atoms with Crippen molar-refractivity contribution in [2.45, 2.75) is 25.7 Å². The third-order valence-corrected chi connectivity index (χ3v) is 7.09. The van der Waals surface area contributed by atoms with E-state index in [9.17, 15) is 4.79 Å². The first-order valence-corrected chi connectivity index (χ1v) is 12.6. The van der Waals surface area contributed by atoms with E-state index in [1.54, 1.807) is 12.5 Å². The standard InChI is InChI=1S/C29H29N7O/c1-19-17-36(18-31-19)26-5-3-4-24(33-26)25-16-22-10-13-30-29(37)27(22)28(34-25)32-23-8-6-20(7-9-23)21-11-14-35(2)15-12-21/h3-10,13,16-18,21H,11-12,14-15H2,1-2H3,(H,30,37)(H,32,34). The van der Waals surface area contributed by atoms with Crippen molar-refractivity contribution in [3.63, 3.8) is 0 Å². The zero-order chi connectivity index (χ0) is 25.4. The van der Waals surface area contributed by atoms with Crippen LogP contribution in [-0.4, -0.2) is 49.5 Å². The quantitative estimate of drug-likeness (QED) is 0.358.